The fourth-order valence-corrected chi connectivity index (χ4v) is 2.87. The summed E-state index contributed by atoms with van der Waals surface area (Å²) in [6, 6.07) is 5.23. The van der Waals surface area contributed by atoms with Gasteiger partial charge in [0.1, 0.15) is 11.2 Å². The number of H-pyrrole nitrogens is 1. The number of fused-ring (bicyclic) bond motifs is 1. The quantitative estimate of drug-likeness (QED) is 0.692. The molecule has 3 aromatic rings. The number of carbonyl (C=O) groups excluding carboxylic acids is 2. The molecule has 2 aromatic heterocycles. The average Bonchev–Trinajstić information content (AvgIpc) is 3.04. The number of rotatable bonds is 4. The number of esters is 1. The Hall–Kier alpha value is -3.09. The molecule has 0 unspecified atom stereocenters. The third kappa shape index (κ3) is 3.33. The normalized spacial score (nSPS) is 11.2. The molecule has 0 aliphatic carbocycles. The summed E-state index contributed by atoms with van der Waals surface area (Å²) >= 11 is 0. The van der Waals surface area contributed by atoms with E-state index in [2.05, 4.69) is 15.3 Å². The van der Waals surface area contributed by atoms with E-state index in [4.69, 9.17) is 9.15 Å². The number of hydrogen-bond acceptors (Lipinski definition) is 5. The highest BCUT2D eigenvalue weighted by molar-refractivity contribution is 6.07. The first-order valence-electron chi connectivity index (χ1n) is 8.35. The van der Waals surface area contributed by atoms with Crippen molar-refractivity contribution in [1.29, 1.82) is 0 Å². The van der Waals surface area contributed by atoms with E-state index in [0.29, 0.717) is 45.2 Å². The molecule has 2 heterocycles. The maximum Gasteiger partial charge on any atom is 0.340 e. The smallest absolute Gasteiger partial charge is 0.340 e. The number of anilines is 1. The van der Waals surface area contributed by atoms with Gasteiger partial charge in [-0.15, -0.1) is 0 Å². The van der Waals surface area contributed by atoms with E-state index in [1.54, 1.807) is 52.8 Å². The number of nitrogens with zero attached hydrogens (tertiary/aromatic N) is 1. The van der Waals surface area contributed by atoms with Crippen LogP contribution in [0.25, 0.3) is 11.1 Å². The molecule has 1 aromatic carbocycles. The van der Waals surface area contributed by atoms with E-state index in [1.165, 1.54) is 0 Å². The summed E-state index contributed by atoms with van der Waals surface area (Å²) in [5.74, 6) is -0.217. The van der Waals surface area contributed by atoms with Gasteiger partial charge in [-0.05, 0) is 51.5 Å². The lowest BCUT2D eigenvalue weighted by molar-refractivity contribution is 0.0376. The standard InChI is InChI=1S/C19H21N3O4/c1-9(2)25-19(24)16-10(3)17(20-11(16)4)18(23)22-13-6-7-15-14(8-13)21-12(5)26-15/h6-9,20H,1-5H3,(H,22,23). The van der Waals surface area contributed by atoms with Crippen molar-refractivity contribution in [3.05, 3.63) is 46.6 Å². The molecule has 0 radical (unpaired) electrons. The SMILES string of the molecule is Cc1nc2cc(NC(=O)c3[nH]c(C)c(C(=O)OC(C)C)c3C)ccc2o1. The third-order valence-corrected chi connectivity index (χ3v) is 3.96. The lowest BCUT2D eigenvalue weighted by Crippen LogP contribution is -2.15. The maximum atomic E-state index is 12.6. The number of ether oxygens (including phenoxy) is 1. The van der Waals surface area contributed by atoms with Gasteiger partial charge in [0.25, 0.3) is 5.91 Å². The molecule has 1 amide bonds. The van der Waals surface area contributed by atoms with Crippen molar-refractivity contribution in [2.45, 2.75) is 40.7 Å². The minimum absolute atomic E-state index is 0.230. The van der Waals surface area contributed by atoms with Crippen LogP contribution in [0.1, 0.15) is 51.8 Å². The van der Waals surface area contributed by atoms with Crippen LogP contribution in [0.5, 0.6) is 0 Å². The highest BCUT2D eigenvalue weighted by Gasteiger charge is 2.23. The van der Waals surface area contributed by atoms with Crippen molar-refractivity contribution in [1.82, 2.24) is 9.97 Å². The van der Waals surface area contributed by atoms with Crippen LogP contribution in [0.2, 0.25) is 0 Å². The Morgan fingerprint density at radius 2 is 1.96 bits per heavy atom. The van der Waals surface area contributed by atoms with Crippen molar-refractivity contribution < 1.29 is 18.7 Å². The average molecular weight is 355 g/mol. The van der Waals surface area contributed by atoms with Crippen LogP contribution in [0.15, 0.2) is 22.6 Å². The van der Waals surface area contributed by atoms with Gasteiger partial charge in [0.2, 0.25) is 0 Å². The Kier molecular flexibility index (Phi) is 4.54. The monoisotopic (exact) mass is 355 g/mol. The molecule has 26 heavy (non-hydrogen) atoms. The van der Waals surface area contributed by atoms with Gasteiger partial charge in [-0.3, -0.25) is 4.79 Å². The summed E-state index contributed by atoms with van der Waals surface area (Å²) < 4.78 is 10.7. The number of nitrogens with one attached hydrogen (secondary N) is 2. The number of hydrogen-bond donors (Lipinski definition) is 2. The summed E-state index contributed by atoms with van der Waals surface area (Å²) in [5.41, 5.74) is 3.80. The minimum Gasteiger partial charge on any atom is -0.459 e. The molecule has 0 aliphatic heterocycles. The van der Waals surface area contributed by atoms with E-state index in [0.717, 1.165) is 0 Å². The van der Waals surface area contributed by atoms with Crippen LogP contribution >= 0.6 is 0 Å². The van der Waals surface area contributed by atoms with Gasteiger partial charge in [-0.1, -0.05) is 0 Å². The molecule has 0 saturated heterocycles. The molecule has 136 valence electrons. The summed E-state index contributed by atoms with van der Waals surface area (Å²) in [4.78, 5) is 32.1. The number of amides is 1. The van der Waals surface area contributed by atoms with Gasteiger partial charge >= 0.3 is 5.97 Å². The second-order valence-electron chi connectivity index (χ2n) is 6.45. The molecule has 7 nitrogen and oxygen atoms in total. The first kappa shape index (κ1) is 17.7. The maximum absolute atomic E-state index is 12.6. The van der Waals surface area contributed by atoms with Crippen molar-refractivity contribution in [2.75, 3.05) is 5.32 Å². The van der Waals surface area contributed by atoms with E-state index >= 15 is 0 Å². The van der Waals surface area contributed by atoms with Crippen LogP contribution in [0, 0.1) is 20.8 Å². The van der Waals surface area contributed by atoms with Gasteiger partial charge in [-0.25, -0.2) is 9.78 Å². The molecule has 7 heteroatoms. The topological polar surface area (TPSA) is 97.2 Å². The predicted octanol–water partition coefficient (Wildman–Crippen LogP) is 3.90. The molecule has 2 N–H and O–H groups in total. The number of carbonyl (C=O) groups is 2. The summed E-state index contributed by atoms with van der Waals surface area (Å²) in [5, 5.41) is 2.82. The Morgan fingerprint density at radius 1 is 1.23 bits per heavy atom. The Bertz CT molecular complexity index is 998. The van der Waals surface area contributed by atoms with E-state index < -0.39 is 5.97 Å². The largest absolute Gasteiger partial charge is 0.459 e. The first-order valence-corrected chi connectivity index (χ1v) is 8.35. The number of aromatic amines is 1. The molecule has 0 aliphatic rings. The van der Waals surface area contributed by atoms with Gasteiger partial charge in [0, 0.05) is 18.3 Å². The zero-order chi connectivity index (χ0) is 19.0. The highest BCUT2D eigenvalue weighted by atomic mass is 16.5. The van der Waals surface area contributed by atoms with Gasteiger partial charge in [0.15, 0.2) is 11.5 Å². The lowest BCUT2D eigenvalue weighted by atomic mass is 10.1. The number of benzene rings is 1. The number of aryl methyl sites for hydroxylation is 2. The van der Waals surface area contributed by atoms with Gasteiger partial charge < -0.3 is 19.5 Å². The lowest BCUT2D eigenvalue weighted by Gasteiger charge is -2.08. The van der Waals surface area contributed by atoms with Crippen molar-refractivity contribution in [3.8, 4) is 0 Å². The molecule has 0 bridgehead atoms. The van der Waals surface area contributed by atoms with Crippen LogP contribution in [-0.2, 0) is 4.74 Å². The molecule has 3 rings (SSSR count). The molecule has 0 spiro atoms. The second-order valence-corrected chi connectivity index (χ2v) is 6.45. The van der Waals surface area contributed by atoms with Gasteiger partial charge in [0.05, 0.1) is 11.7 Å². The van der Waals surface area contributed by atoms with Gasteiger partial charge in [-0.2, -0.15) is 0 Å². The Labute approximate surface area is 150 Å². The molecular formula is C19H21N3O4. The molecule has 0 saturated carbocycles. The Balaban J connectivity index is 1.86. The first-order chi connectivity index (χ1) is 12.3. The number of oxazole rings is 1. The van der Waals surface area contributed by atoms with Crippen molar-refractivity contribution in [3.63, 3.8) is 0 Å². The minimum atomic E-state index is -0.440. The van der Waals surface area contributed by atoms with Crippen LogP contribution in [-0.4, -0.2) is 27.9 Å². The fraction of sp³-hybridized carbons (Fsp3) is 0.316. The molecule has 0 atom stereocenters. The molecule has 0 fully saturated rings. The Morgan fingerprint density at radius 3 is 2.65 bits per heavy atom. The van der Waals surface area contributed by atoms with E-state index in [-0.39, 0.29) is 12.0 Å². The van der Waals surface area contributed by atoms with E-state index in [9.17, 15) is 9.59 Å². The highest BCUT2D eigenvalue weighted by Crippen LogP contribution is 2.23. The predicted molar refractivity (Wildman–Crippen MR) is 97.5 cm³/mol. The second kappa shape index (κ2) is 6.67. The number of aromatic nitrogens is 2. The van der Waals surface area contributed by atoms with E-state index in [1.807, 2.05) is 0 Å². The van der Waals surface area contributed by atoms with Crippen molar-refractivity contribution in [2.24, 2.45) is 0 Å². The fourth-order valence-electron chi connectivity index (χ4n) is 2.87. The van der Waals surface area contributed by atoms with Crippen LogP contribution in [0.3, 0.4) is 0 Å². The summed E-state index contributed by atoms with van der Waals surface area (Å²) in [7, 11) is 0. The molecular weight excluding hydrogens is 334 g/mol. The zero-order valence-corrected chi connectivity index (χ0v) is 15.4. The summed E-state index contributed by atoms with van der Waals surface area (Å²) in [6.07, 6.45) is -0.230. The third-order valence-electron chi connectivity index (χ3n) is 3.96. The van der Waals surface area contributed by atoms with Crippen LogP contribution < -0.4 is 5.32 Å². The zero-order valence-electron chi connectivity index (χ0n) is 15.4. The van der Waals surface area contributed by atoms with Crippen molar-refractivity contribution >= 4 is 28.7 Å². The van der Waals surface area contributed by atoms with Crippen LogP contribution in [0.4, 0.5) is 5.69 Å². The summed E-state index contributed by atoms with van der Waals surface area (Å²) in [6.45, 7) is 8.79.